The Balaban J connectivity index is 2.32. The van der Waals surface area contributed by atoms with Crippen molar-refractivity contribution in [2.24, 2.45) is 0 Å². The summed E-state index contributed by atoms with van der Waals surface area (Å²) >= 11 is 5.77. The third kappa shape index (κ3) is 3.08. The van der Waals surface area contributed by atoms with E-state index in [1.165, 1.54) is 0 Å². The summed E-state index contributed by atoms with van der Waals surface area (Å²) in [5, 5.41) is 9.25. The minimum atomic E-state index is -3.87. The van der Waals surface area contributed by atoms with E-state index < -0.39 is 21.4 Å². The van der Waals surface area contributed by atoms with Crippen molar-refractivity contribution >= 4 is 21.6 Å². The summed E-state index contributed by atoms with van der Waals surface area (Å²) in [5.41, 5.74) is -0.823. The molecule has 0 saturated heterocycles. The van der Waals surface area contributed by atoms with E-state index in [1.54, 1.807) is 0 Å². The van der Waals surface area contributed by atoms with E-state index in [2.05, 4.69) is 4.72 Å². The minimum Gasteiger partial charge on any atom is -0.394 e. The average molecular weight is 308 g/mol. The van der Waals surface area contributed by atoms with E-state index >= 15 is 0 Å². The fourth-order valence-corrected chi connectivity index (χ4v) is 4.36. The molecule has 0 bridgehead atoms. The maximum atomic E-state index is 12.9. The number of aliphatic hydroxyl groups excluding tert-OH is 1. The molecule has 1 aromatic carbocycles. The summed E-state index contributed by atoms with van der Waals surface area (Å²) < 4.78 is 40.0. The van der Waals surface area contributed by atoms with Gasteiger partial charge in [-0.2, -0.15) is 0 Å². The second-order valence-corrected chi connectivity index (χ2v) is 6.88. The number of aliphatic hydroxyl groups is 1. The Labute approximate surface area is 116 Å². The van der Waals surface area contributed by atoms with Crippen molar-refractivity contribution in [3.05, 3.63) is 29.0 Å². The van der Waals surface area contributed by atoms with Crippen molar-refractivity contribution < 1.29 is 17.9 Å². The van der Waals surface area contributed by atoms with Gasteiger partial charge >= 0.3 is 0 Å². The monoisotopic (exact) mass is 307 g/mol. The molecule has 1 aliphatic carbocycles. The lowest BCUT2D eigenvalue weighted by Crippen LogP contribution is -2.49. The molecule has 19 heavy (non-hydrogen) atoms. The van der Waals surface area contributed by atoms with Crippen LogP contribution in [0, 0.1) is 5.82 Å². The first kappa shape index (κ1) is 14.7. The quantitative estimate of drug-likeness (QED) is 0.895. The van der Waals surface area contributed by atoms with Gasteiger partial charge in [-0.15, -0.1) is 0 Å². The van der Waals surface area contributed by atoms with Crippen LogP contribution in [-0.4, -0.2) is 25.7 Å². The number of rotatable bonds is 4. The molecule has 0 atom stereocenters. The molecule has 0 radical (unpaired) electrons. The van der Waals surface area contributed by atoms with Crippen LogP contribution in [0.1, 0.15) is 25.7 Å². The molecule has 1 saturated carbocycles. The van der Waals surface area contributed by atoms with Gasteiger partial charge in [0, 0.05) is 0 Å². The number of halogens is 2. The number of hydrogen-bond acceptors (Lipinski definition) is 3. The maximum Gasteiger partial charge on any atom is 0.242 e. The highest BCUT2D eigenvalue weighted by atomic mass is 35.5. The second-order valence-electron chi connectivity index (χ2n) is 4.83. The molecular weight excluding hydrogens is 293 g/mol. The Bertz CT molecular complexity index is 570. The molecule has 1 fully saturated rings. The van der Waals surface area contributed by atoms with Crippen molar-refractivity contribution in [2.75, 3.05) is 6.61 Å². The van der Waals surface area contributed by atoms with E-state index in [1.807, 2.05) is 0 Å². The number of sulfonamides is 1. The Morgan fingerprint density at radius 1 is 1.37 bits per heavy atom. The standard InChI is InChI=1S/C12H15ClFNO3S/c13-10-7-9(14)3-4-11(10)19(17,18)15-12(8-16)5-1-2-6-12/h3-4,7,15-16H,1-2,5-6,8H2. The molecular formula is C12H15ClFNO3S. The highest BCUT2D eigenvalue weighted by molar-refractivity contribution is 7.89. The van der Waals surface area contributed by atoms with Gasteiger partial charge < -0.3 is 5.11 Å². The lowest BCUT2D eigenvalue weighted by molar-refractivity contribution is 0.185. The van der Waals surface area contributed by atoms with Crippen LogP contribution in [0.3, 0.4) is 0 Å². The first-order valence-electron chi connectivity index (χ1n) is 5.98. The van der Waals surface area contributed by atoms with Gasteiger partial charge in [0.1, 0.15) is 10.7 Å². The number of nitrogens with one attached hydrogen (secondary N) is 1. The molecule has 0 aliphatic heterocycles. The van der Waals surface area contributed by atoms with Crippen LogP contribution in [0.2, 0.25) is 5.02 Å². The molecule has 0 spiro atoms. The van der Waals surface area contributed by atoms with Gasteiger partial charge in [-0.1, -0.05) is 24.4 Å². The molecule has 106 valence electrons. The second kappa shape index (κ2) is 5.36. The third-order valence-corrected chi connectivity index (χ3v) is 5.46. The zero-order valence-corrected chi connectivity index (χ0v) is 11.8. The summed E-state index contributed by atoms with van der Waals surface area (Å²) in [6.45, 7) is -0.259. The van der Waals surface area contributed by atoms with Gasteiger partial charge in [0.05, 0.1) is 17.2 Å². The van der Waals surface area contributed by atoms with Crippen molar-refractivity contribution in [1.29, 1.82) is 0 Å². The Morgan fingerprint density at radius 3 is 2.53 bits per heavy atom. The van der Waals surface area contributed by atoms with Crippen molar-refractivity contribution in [2.45, 2.75) is 36.1 Å². The van der Waals surface area contributed by atoms with Crippen LogP contribution < -0.4 is 4.72 Å². The van der Waals surface area contributed by atoms with E-state index in [0.29, 0.717) is 12.8 Å². The molecule has 2 rings (SSSR count). The first-order valence-corrected chi connectivity index (χ1v) is 7.85. The van der Waals surface area contributed by atoms with Crippen LogP contribution in [-0.2, 0) is 10.0 Å². The largest absolute Gasteiger partial charge is 0.394 e. The number of hydrogen-bond donors (Lipinski definition) is 2. The summed E-state index contributed by atoms with van der Waals surface area (Å²) in [6.07, 6.45) is 2.89. The van der Waals surface area contributed by atoms with Crippen LogP contribution in [0.5, 0.6) is 0 Å². The molecule has 0 unspecified atom stereocenters. The fraction of sp³-hybridized carbons (Fsp3) is 0.500. The lowest BCUT2D eigenvalue weighted by Gasteiger charge is -2.27. The van der Waals surface area contributed by atoms with Gasteiger partial charge in [0.2, 0.25) is 10.0 Å². The maximum absolute atomic E-state index is 12.9. The van der Waals surface area contributed by atoms with Gasteiger partial charge in [0.25, 0.3) is 0 Å². The highest BCUT2D eigenvalue weighted by Crippen LogP contribution is 2.32. The van der Waals surface area contributed by atoms with Gasteiger partial charge in [0.15, 0.2) is 0 Å². The van der Waals surface area contributed by atoms with Crippen LogP contribution >= 0.6 is 11.6 Å². The Kier molecular flexibility index (Phi) is 4.15. The van der Waals surface area contributed by atoms with E-state index in [-0.39, 0.29) is 16.5 Å². The molecule has 0 aromatic heterocycles. The summed E-state index contributed by atoms with van der Waals surface area (Å²) in [7, 11) is -3.87. The Morgan fingerprint density at radius 2 is 2.00 bits per heavy atom. The van der Waals surface area contributed by atoms with E-state index in [4.69, 9.17) is 11.6 Å². The molecule has 1 aliphatic rings. The topological polar surface area (TPSA) is 66.4 Å². The van der Waals surface area contributed by atoms with Crippen molar-refractivity contribution in [1.82, 2.24) is 4.72 Å². The SMILES string of the molecule is O=S(=O)(NC1(CO)CCCC1)c1ccc(F)cc1Cl. The number of benzene rings is 1. The fourth-order valence-electron chi connectivity index (χ4n) is 2.38. The smallest absolute Gasteiger partial charge is 0.242 e. The zero-order chi connectivity index (χ0) is 14.1. The zero-order valence-electron chi connectivity index (χ0n) is 10.2. The lowest BCUT2D eigenvalue weighted by atomic mass is 10.0. The molecule has 0 heterocycles. The van der Waals surface area contributed by atoms with Gasteiger partial charge in [-0.05, 0) is 31.0 Å². The minimum absolute atomic E-state index is 0.168. The normalized spacial score (nSPS) is 18.7. The molecule has 2 N–H and O–H groups in total. The van der Waals surface area contributed by atoms with E-state index in [9.17, 15) is 17.9 Å². The third-order valence-electron chi connectivity index (χ3n) is 3.40. The molecule has 4 nitrogen and oxygen atoms in total. The van der Waals surface area contributed by atoms with Gasteiger partial charge in [-0.25, -0.2) is 17.5 Å². The summed E-state index contributed by atoms with van der Waals surface area (Å²) in [5.74, 6) is -0.596. The summed E-state index contributed by atoms with van der Waals surface area (Å²) in [4.78, 5) is -0.171. The predicted octanol–water partition coefficient (Wildman–Crippen LogP) is 2.06. The van der Waals surface area contributed by atoms with Crippen molar-refractivity contribution in [3.63, 3.8) is 0 Å². The molecule has 0 amide bonds. The van der Waals surface area contributed by atoms with Crippen LogP contribution in [0.4, 0.5) is 4.39 Å². The molecule has 7 heteroatoms. The molecule has 1 aromatic rings. The van der Waals surface area contributed by atoms with Crippen molar-refractivity contribution in [3.8, 4) is 0 Å². The van der Waals surface area contributed by atoms with E-state index in [0.717, 1.165) is 31.0 Å². The summed E-state index contributed by atoms with van der Waals surface area (Å²) in [6, 6.07) is 3.12. The van der Waals surface area contributed by atoms with Crippen LogP contribution in [0.25, 0.3) is 0 Å². The predicted molar refractivity (Wildman–Crippen MR) is 70.0 cm³/mol. The highest BCUT2D eigenvalue weighted by Gasteiger charge is 2.38. The Hall–Kier alpha value is -0.690. The average Bonchev–Trinajstić information content (AvgIpc) is 2.77. The van der Waals surface area contributed by atoms with Gasteiger partial charge in [-0.3, -0.25) is 0 Å². The first-order chi connectivity index (χ1) is 8.88. The van der Waals surface area contributed by atoms with Crippen LogP contribution in [0.15, 0.2) is 23.1 Å².